The molecule has 2 atom stereocenters. The average molecular weight is 291 g/mol. The molecule has 7 nitrogen and oxygen atoms in total. The molecule has 19 heavy (non-hydrogen) atoms. The van der Waals surface area contributed by atoms with E-state index in [0.29, 0.717) is 0 Å². The number of nitro benzene ring substituents is 1. The van der Waals surface area contributed by atoms with Gasteiger partial charge in [0.15, 0.2) is 5.75 Å². The lowest BCUT2D eigenvalue weighted by Crippen LogP contribution is -2.27. The molecule has 1 aliphatic carbocycles. The zero-order valence-corrected chi connectivity index (χ0v) is 10.7. The van der Waals surface area contributed by atoms with Crippen molar-refractivity contribution in [2.24, 2.45) is 11.7 Å². The molecule has 1 fully saturated rings. The first kappa shape index (κ1) is 15.5. The minimum absolute atomic E-state index is 0. The first-order chi connectivity index (χ1) is 8.41. The second-order valence-electron chi connectivity index (χ2n) is 4.52. The average Bonchev–Trinajstić information content (AvgIpc) is 3.14. The molecule has 0 aliphatic heterocycles. The summed E-state index contributed by atoms with van der Waals surface area (Å²) in [5.74, 6) is -1.30. The summed E-state index contributed by atoms with van der Waals surface area (Å²) in [4.78, 5) is 9.89. The number of hydrogen-bond acceptors (Lipinski definition) is 6. The monoisotopic (exact) mass is 290 g/mol. The van der Waals surface area contributed by atoms with E-state index in [0.717, 1.165) is 25.0 Å². The van der Waals surface area contributed by atoms with Crippen LogP contribution < -0.4 is 5.73 Å². The first-order valence-electron chi connectivity index (χ1n) is 5.55. The highest BCUT2D eigenvalue weighted by atomic mass is 35.5. The number of nitro groups is 1. The van der Waals surface area contributed by atoms with Crippen LogP contribution in [-0.2, 0) is 0 Å². The van der Waals surface area contributed by atoms with Crippen LogP contribution >= 0.6 is 12.4 Å². The van der Waals surface area contributed by atoms with Gasteiger partial charge < -0.3 is 21.1 Å². The summed E-state index contributed by atoms with van der Waals surface area (Å²) in [6, 6.07) is 1.40. The van der Waals surface area contributed by atoms with E-state index >= 15 is 0 Å². The summed E-state index contributed by atoms with van der Waals surface area (Å²) >= 11 is 0. The number of rotatable bonds is 4. The molecular formula is C11H15ClN2O5. The maximum Gasteiger partial charge on any atom is 0.314 e. The van der Waals surface area contributed by atoms with E-state index in [4.69, 9.17) is 5.73 Å². The second-order valence-corrected chi connectivity index (χ2v) is 4.52. The molecule has 1 aliphatic rings. The van der Waals surface area contributed by atoms with Crippen molar-refractivity contribution in [1.29, 1.82) is 0 Å². The Morgan fingerprint density at radius 1 is 1.37 bits per heavy atom. The number of aliphatic hydroxyl groups excluding tert-OH is 1. The van der Waals surface area contributed by atoms with Gasteiger partial charge in [-0.3, -0.25) is 10.1 Å². The number of nitrogens with zero attached hydrogens (tertiary/aromatic N) is 1. The molecule has 1 aromatic carbocycles. The Kier molecular flexibility index (Phi) is 4.56. The van der Waals surface area contributed by atoms with Gasteiger partial charge in [0.05, 0.1) is 17.1 Å². The largest absolute Gasteiger partial charge is 0.504 e. The van der Waals surface area contributed by atoms with Gasteiger partial charge in [-0.05, 0) is 30.4 Å². The minimum Gasteiger partial charge on any atom is -0.504 e. The fourth-order valence-corrected chi connectivity index (χ4v) is 1.89. The second kappa shape index (κ2) is 5.60. The Labute approximate surface area is 115 Å². The molecular weight excluding hydrogens is 276 g/mol. The molecule has 0 unspecified atom stereocenters. The highest BCUT2D eigenvalue weighted by Crippen LogP contribution is 2.41. The third kappa shape index (κ3) is 3.06. The maximum absolute atomic E-state index is 10.7. The van der Waals surface area contributed by atoms with E-state index in [1.165, 1.54) is 0 Å². The maximum atomic E-state index is 10.7. The summed E-state index contributed by atoms with van der Waals surface area (Å²) in [5, 5.41) is 39.3. The van der Waals surface area contributed by atoms with Gasteiger partial charge >= 0.3 is 5.69 Å². The fourth-order valence-electron chi connectivity index (χ4n) is 1.89. The van der Waals surface area contributed by atoms with Gasteiger partial charge in [0.1, 0.15) is 0 Å². The topological polar surface area (TPSA) is 130 Å². The summed E-state index contributed by atoms with van der Waals surface area (Å²) in [7, 11) is 0. The number of aliphatic hydroxyl groups is 1. The minimum atomic E-state index is -0.817. The Hall–Kier alpha value is -1.57. The van der Waals surface area contributed by atoms with E-state index in [2.05, 4.69) is 0 Å². The molecule has 2 rings (SSSR count). The zero-order valence-electron chi connectivity index (χ0n) is 9.89. The van der Waals surface area contributed by atoms with Crippen molar-refractivity contribution in [3.8, 4) is 11.5 Å². The molecule has 0 radical (unpaired) electrons. The fraction of sp³-hybridized carbons (Fsp3) is 0.455. The predicted molar refractivity (Wildman–Crippen MR) is 69.3 cm³/mol. The predicted octanol–water partition coefficient (Wildman–Crippen LogP) is 1.20. The molecule has 5 N–H and O–H groups in total. The van der Waals surface area contributed by atoms with Crippen molar-refractivity contribution in [3.05, 3.63) is 27.8 Å². The summed E-state index contributed by atoms with van der Waals surface area (Å²) in [6.45, 7) is 0. The van der Waals surface area contributed by atoms with Gasteiger partial charge in [-0.15, -0.1) is 12.4 Å². The number of nitrogens with two attached hydrogens (primary N) is 1. The molecule has 0 amide bonds. The molecule has 1 aromatic rings. The lowest BCUT2D eigenvalue weighted by Gasteiger charge is -2.19. The van der Waals surface area contributed by atoms with Crippen LogP contribution in [0.4, 0.5) is 5.69 Å². The van der Waals surface area contributed by atoms with Gasteiger partial charge in [-0.25, -0.2) is 0 Å². The summed E-state index contributed by atoms with van der Waals surface area (Å²) in [6.07, 6.45) is 0.954. The molecule has 106 valence electrons. The lowest BCUT2D eigenvalue weighted by atomic mass is 9.98. The van der Waals surface area contributed by atoms with Crippen LogP contribution in [-0.4, -0.2) is 26.3 Å². The van der Waals surface area contributed by atoms with Crippen LogP contribution in [0.25, 0.3) is 0 Å². The van der Waals surface area contributed by atoms with E-state index < -0.39 is 34.3 Å². The third-order valence-electron chi connectivity index (χ3n) is 3.15. The van der Waals surface area contributed by atoms with Crippen molar-refractivity contribution < 1.29 is 20.2 Å². The Morgan fingerprint density at radius 3 is 2.42 bits per heavy atom. The Morgan fingerprint density at radius 2 is 1.95 bits per heavy atom. The number of phenolic OH excluding ortho intramolecular Hbond substituents is 2. The molecule has 0 saturated heterocycles. The number of phenols is 2. The molecule has 8 heteroatoms. The normalized spacial score (nSPS) is 17.4. The number of halogens is 1. The summed E-state index contributed by atoms with van der Waals surface area (Å²) in [5.41, 5.74) is 5.41. The first-order valence-corrected chi connectivity index (χ1v) is 5.55. The lowest BCUT2D eigenvalue weighted by molar-refractivity contribution is -0.386. The van der Waals surface area contributed by atoms with Crippen molar-refractivity contribution in [2.45, 2.75) is 25.0 Å². The standard InChI is InChI=1S/C11H14N2O5.ClH/c12-9(10(15)5-1-2-5)6-3-7(13(17)18)11(16)8(14)4-6;/h3-5,9-10,14-16H,1-2,12H2;1H/t9-,10+;/m0./s1. The Bertz CT molecular complexity index is 492. The Balaban J connectivity index is 0.00000180. The molecule has 0 heterocycles. The van der Waals surface area contributed by atoms with Crippen molar-refractivity contribution in [3.63, 3.8) is 0 Å². The van der Waals surface area contributed by atoms with E-state index in [-0.39, 0.29) is 23.9 Å². The zero-order chi connectivity index (χ0) is 13.4. The van der Waals surface area contributed by atoms with Gasteiger partial charge in [0.2, 0.25) is 5.75 Å². The van der Waals surface area contributed by atoms with Crippen molar-refractivity contribution in [2.75, 3.05) is 0 Å². The van der Waals surface area contributed by atoms with E-state index in [9.17, 15) is 25.4 Å². The van der Waals surface area contributed by atoms with Crippen LogP contribution in [0.2, 0.25) is 0 Å². The van der Waals surface area contributed by atoms with Crippen LogP contribution in [0.3, 0.4) is 0 Å². The molecule has 0 spiro atoms. The van der Waals surface area contributed by atoms with Crippen molar-refractivity contribution in [1.82, 2.24) is 0 Å². The van der Waals surface area contributed by atoms with E-state index in [1.807, 2.05) is 0 Å². The third-order valence-corrected chi connectivity index (χ3v) is 3.15. The highest BCUT2D eigenvalue weighted by molar-refractivity contribution is 5.85. The number of benzene rings is 1. The number of hydrogen-bond donors (Lipinski definition) is 4. The quantitative estimate of drug-likeness (QED) is 0.374. The molecule has 0 aromatic heterocycles. The van der Waals surface area contributed by atoms with Crippen molar-refractivity contribution >= 4 is 18.1 Å². The highest BCUT2D eigenvalue weighted by Gasteiger charge is 2.35. The molecule has 0 bridgehead atoms. The number of aromatic hydroxyl groups is 2. The smallest absolute Gasteiger partial charge is 0.314 e. The SMILES string of the molecule is Cl.N[C@@H](c1cc(O)c(O)c([N+](=O)[O-])c1)[C@H](O)C1CC1. The van der Waals surface area contributed by atoms with Crippen LogP contribution in [0.15, 0.2) is 12.1 Å². The van der Waals surface area contributed by atoms with Gasteiger partial charge in [0.25, 0.3) is 0 Å². The van der Waals surface area contributed by atoms with Gasteiger partial charge in [-0.1, -0.05) is 0 Å². The summed E-state index contributed by atoms with van der Waals surface area (Å²) < 4.78 is 0. The van der Waals surface area contributed by atoms with Crippen LogP contribution in [0, 0.1) is 16.0 Å². The van der Waals surface area contributed by atoms with Gasteiger partial charge in [0, 0.05) is 6.07 Å². The van der Waals surface area contributed by atoms with E-state index in [1.54, 1.807) is 0 Å². The van der Waals surface area contributed by atoms with Crippen LogP contribution in [0.1, 0.15) is 24.4 Å². The van der Waals surface area contributed by atoms with Gasteiger partial charge in [-0.2, -0.15) is 0 Å². The van der Waals surface area contributed by atoms with Crippen LogP contribution in [0.5, 0.6) is 11.5 Å². The molecule has 1 saturated carbocycles.